The highest BCUT2D eigenvalue weighted by Crippen LogP contribution is 2.28. The first kappa shape index (κ1) is 18.4. The average molecular weight is 378 g/mol. The van der Waals surface area contributed by atoms with Crippen LogP contribution < -0.4 is 10.6 Å². The van der Waals surface area contributed by atoms with Crippen LogP contribution in [0.1, 0.15) is 28.4 Å². The fourth-order valence-electron chi connectivity index (χ4n) is 3.99. The number of para-hydroxylation sites is 1. The van der Waals surface area contributed by atoms with Crippen LogP contribution in [0.25, 0.3) is 5.69 Å². The summed E-state index contributed by atoms with van der Waals surface area (Å²) in [6.45, 7) is 6.01. The number of aromatic nitrogens is 4. The van der Waals surface area contributed by atoms with E-state index in [1.807, 2.05) is 68.3 Å². The molecule has 2 atom stereocenters. The van der Waals surface area contributed by atoms with Gasteiger partial charge < -0.3 is 10.6 Å². The van der Waals surface area contributed by atoms with Crippen molar-refractivity contribution in [3.8, 4) is 5.69 Å². The highest BCUT2D eigenvalue weighted by atomic mass is 16.1. The van der Waals surface area contributed by atoms with Crippen molar-refractivity contribution >= 4 is 5.91 Å². The number of hydrogen-bond donors (Lipinski definition) is 2. The van der Waals surface area contributed by atoms with Crippen molar-refractivity contribution in [3.05, 3.63) is 65.2 Å². The quantitative estimate of drug-likeness (QED) is 0.710. The minimum atomic E-state index is -0.0889. The number of carbonyl (C=O) groups excluding carboxylic acids is 1. The third kappa shape index (κ3) is 3.45. The van der Waals surface area contributed by atoms with E-state index in [-0.39, 0.29) is 17.7 Å². The minimum Gasteiger partial charge on any atom is -0.352 e. The van der Waals surface area contributed by atoms with E-state index in [0.29, 0.717) is 13.1 Å². The zero-order valence-corrected chi connectivity index (χ0v) is 16.5. The molecule has 1 aliphatic heterocycles. The van der Waals surface area contributed by atoms with Crippen molar-refractivity contribution < 1.29 is 4.79 Å². The lowest BCUT2D eigenvalue weighted by molar-refractivity contribution is -0.125. The van der Waals surface area contributed by atoms with E-state index in [0.717, 1.165) is 34.7 Å². The van der Waals surface area contributed by atoms with E-state index in [1.54, 1.807) is 4.68 Å². The largest absolute Gasteiger partial charge is 0.352 e. The van der Waals surface area contributed by atoms with Gasteiger partial charge in [0.2, 0.25) is 5.91 Å². The number of benzene rings is 1. The van der Waals surface area contributed by atoms with Gasteiger partial charge in [-0.05, 0) is 31.5 Å². The van der Waals surface area contributed by atoms with Gasteiger partial charge in [0.25, 0.3) is 0 Å². The molecule has 28 heavy (non-hydrogen) atoms. The summed E-state index contributed by atoms with van der Waals surface area (Å²) in [5, 5.41) is 15.4. The molecule has 7 nitrogen and oxygen atoms in total. The second-order valence-electron chi connectivity index (χ2n) is 7.43. The summed E-state index contributed by atoms with van der Waals surface area (Å²) in [5.74, 6) is 0.141. The predicted octanol–water partition coefficient (Wildman–Crippen LogP) is 1.84. The summed E-state index contributed by atoms with van der Waals surface area (Å²) in [6, 6.07) is 10.1. The second-order valence-corrected chi connectivity index (χ2v) is 7.43. The van der Waals surface area contributed by atoms with E-state index < -0.39 is 0 Å². The van der Waals surface area contributed by atoms with Gasteiger partial charge in [-0.25, -0.2) is 4.68 Å². The third-order valence-corrected chi connectivity index (χ3v) is 5.59. The molecule has 1 aliphatic rings. The Balaban J connectivity index is 1.47. The molecule has 0 unspecified atom stereocenters. The van der Waals surface area contributed by atoms with E-state index in [4.69, 9.17) is 0 Å². The van der Waals surface area contributed by atoms with Crippen LogP contribution in [-0.4, -0.2) is 38.6 Å². The van der Waals surface area contributed by atoms with Gasteiger partial charge in [-0.3, -0.25) is 9.48 Å². The molecule has 0 aliphatic carbocycles. The topological polar surface area (TPSA) is 76.8 Å². The van der Waals surface area contributed by atoms with E-state index in [2.05, 4.69) is 20.8 Å². The fourth-order valence-corrected chi connectivity index (χ4v) is 3.99. The lowest BCUT2D eigenvalue weighted by Crippen LogP contribution is -2.34. The summed E-state index contributed by atoms with van der Waals surface area (Å²) in [5.41, 5.74) is 5.20. The molecule has 1 saturated heterocycles. The van der Waals surface area contributed by atoms with Crippen LogP contribution in [0.5, 0.6) is 0 Å². The predicted molar refractivity (Wildman–Crippen MR) is 107 cm³/mol. The van der Waals surface area contributed by atoms with Crippen LogP contribution in [0.4, 0.5) is 0 Å². The van der Waals surface area contributed by atoms with Crippen LogP contribution >= 0.6 is 0 Å². The molecular formula is C21H26N6O. The Morgan fingerprint density at radius 1 is 1.25 bits per heavy atom. The molecule has 2 N–H and O–H groups in total. The molecule has 4 rings (SSSR count). The van der Waals surface area contributed by atoms with Crippen LogP contribution in [0, 0.1) is 19.8 Å². The molecular weight excluding hydrogens is 352 g/mol. The zero-order valence-electron chi connectivity index (χ0n) is 16.5. The zero-order chi connectivity index (χ0) is 19.7. The molecule has 0 bridgehead atoms. The molecule has 146 valence electrons. The molecule has 1 amide bonds. The fraction of sp³-hybridized carbons (Fsp3) is 0.381. The van der Waals surface area contributed by atoms with Gasteiger partial charge in [-0.1, -0.05) is 18.2 Å². The normalized spacial score (nSPS) is 19.1. The summed E-state index contributed by atoms with van der Waals surface area (Å²) in [7, 11) is 1.90. The lowest BCUT2D eigenvalue weighted by Gasteiger charge is -2.17. The Hall–Kier alpha value is -2.93. The van der Waals surface area contributed by atoms with Gasteiger partial charge >= 0.3 is 0 Å². The number of nitrogens with one attached hydrogen (secondary N) is 2. The smallest absolute Gasteiger partial charge is 0.225 e. The van der Waals surface area contributed by atoms with Crippen LogP contribution in [0.15, 0.2) is 42.7 Å². The molecule has 1 aromatic carbocycles. The first-order chi connectivity index (χ1) is 13.5. The van der Waals surface area contributed by atoms with E-state index in [9.17, 15) is 4.79 Å². The molecule has 3 heterocycles. The summed E-state index contributed by atoms with van der Waals surface area (Å²) in [6.07, 6.45) is 3.85. The molecule has 2 aromatic heterocycles. The maximum atomic E-state index is 12.9. The highest BCUT2D eigenvalue weighted by molar-refractivity contribution is 5.80. The Kier molecular flexibility index (Phi) is 5.00. The molecule has 7 heteroatoms. The number of amides is 1. The maximum absolute atomic E-state index is 12.9. The SMILES string of the molecule is Cc1nn(-c2ccccc2)c(C)c1CNC(=O)[C@H]1CNC[C@@H]1c1cnn(C)c1. The van der Waals surface area contributed by atoms with Crippen LogP contribution in [-0.2, 0) is 18.4 Å². The van der Waals surface area contributed by atoms with Crippen molar-refractivity contribution in [2.24, 2.45) is 13.0 Å². The average Bonchev–Trinajstić information content (AvgIpc) is 3.40. The van der Waals surface area contributed by atoms with Gasteiger partial charge in [0.15, 0.2) is 0 Å². The monoisotopic (exact) mass is 378 g/mol. The van der Waals surface area contributed by atoms with Gasteiger partial charge in [0.1, 0.15) is 0 Å². The molecule has 0 saturated carbocycles. The van der Waals surface area contributed by atoms with Crippen molar-refractivity contribution in [3.63, 3.8) is 0 Å². The number of aryl methyl sites for hydroxylation is 2. The van der Waals surface area contributed by atoms with Gasteiger partial charge in [-0.15, -0.1) is 0 Å². The summed E-state index contributed by atoms with van der Waals surface area (Å²) in [4.78, 5) is 12.9. The van der Waals surface area contributed by atoms with E-state index in [1.165, 1.54) is 0 Å². The maximum Gasteiger partial charge on any atom is 0.225 e. The summed E-state index contributed by atoms with van der Waals surface area (Å²) >= 11 is 0. The van der Waals surface area contributed by atoms with Gasteiger partial charge in [0.05, 0.1) is 23.5 Å². The van der Waals surface area contributed by atoms with Crippen molar-refractivity contribution in [2.45, 2.75) is 26.3 Å². The first-order valence-electron chi connectivity index (χ1n) is 9.62. The summed E-state index contributed by atoms with van der Waals surface area (Å²) < 4.78 is 3.72. The molecule has 3 aromatic rings. The first-order valence-corrected chi connectivity index (χ1v) is 9.62. The van der Waals surface area contributed by atoms with Crippen molar-refractivity contribution in [1.82, 2.24) is 30.2 Å². The number of hydrogen-bond acceptors (Lipinski definition) is 4. The molecule has 0 spiro atoms. The lowest BCUT2D eigenvalue weighted by atomic mass is 9.90. The molecule has 1 fully saturated rings. The minimum absolute atomic E-state index is 0.0742. The number of carbonyl (C=O) groups is 1. The van der Waals surface area contributed by atoms with Crippen molar-refractivity contribution in [1.29, 1.82) is 0 Å². The van der Waals surface area contributed by atoms with Gasteiger partial charge in [-0.2, -0.15) is 10.2 Å². The Labute approximate surface area is 164 Å². The molecule has 0 radical (unpaired) electrons. The number of rotatable bonds is 5. The second kappa shape index (κ2) is 7.59. The Morgan fingerprint density at radius 2 is 2.04 bits per heavy atom. The van der Waals surface area contributed by atoms with Gasteiger partial charge in [0, 0.05) is 50.1 Å². The highest BCUT2D eigenvalue weighted by Gasteiger charge is 2.34. The number of nitrogens with zero attached hydrogens (tertiary/aromatic N) is 4. The Morgan fingerprint density at radius 3 is 2.75 bits per heavy atom. The van der Waals surface area contributed by atoms with Crippen LogP contribution in [0.2, 0.25) is 0 Å². The third-order valence-electron chi connectivity index (χ3n) is 5.59. The standard InChI is InChI=1S/C21H26N6O/c1-14-18(15(2)27(25-14)17-7-5-4-6-8-17)12-23-21(28)20-11-22-10-19(20)16-9-24-26(3)13-16/h4-9,13,19-20,22H,10-12H2,1-3H3,(H,23,28)/t19-,20+/m1/s1. The van der Waals surface area contributed by atoms with Crippen molar-refractivity contribution in [2.75, 3.05) is 13.1 Å². The Bertz CT molecular complexity index is 974. The van der Waals surface area contributed by atoms with Crippen LogP contribution in [0.3, 0.4) is 0 Å². The van der Waals surface area contributed by atoms with E-state index >= 15 is 0 Å².